The highest BCUT2D eigenvalue weighted by molar-refractivity contribution is 9.10. The summed E-state index contributed by atoms with van der Waals surface area (Å²) in [5, 5.41) is 7.66. The Morgan fingerprint density at radius 3 is 2.50 bits per heavy atom. The van der Waals surface area contributed by atoms with Crippen molar-refractivity contribution < 1.29 is 17.6 Å². The lowest BCUT2D eigenvalue weighted by Gasteiger charge is -2.39. The standard InChI is InChI=1S/C12H14BrFN2O3S/c1-12(3-2-4-12)16-11(17)8-5-7(13)6-9(10(8)14)20(15,18)19/h5-6H,2-4H2,1H3,(H,16,17)(H2,15,18,19). The van der Waals surface area contributed by atoms with Crippen molar-refractivity contribution in [1.82, 2.24) is 5.32 Å². The topological polar surface area (TPSA) is 89.3 Å². The molecule has 8 heteroatoms. The van der Waals surface area contributed by atoms with Gasteiger partial charge in [-0.25, -0.2) is 17.9 Å². The van der Waals surface area contributed by atoms with E-state index in [-0.39, 0.29) is 15.6 Å². The average Bonchev–Trinajstić information content (AvgIpc) is 2.28. The first-order valence-corrected chi connectivity index (χ1v) is 8.31. The highest BCUT2D eigenvalue weighted by atomic mass is 79.9. The maximum absolute atomic E-state index is 14.2. The fourth-order valence-corrected chi connectivity index (χ4v) is 3.37. The minimum atomic E-state index is -4.23. The molecule has 1 fully saturated rings. The van der Waals surface area contributed by atoms with Gasteiger partial charge < -0.3 is 5.32 Å². The van der Waals surface area contributed by atoms with Crippen molar-refractivity contribution in [1.29, 1.82) is 0 Å². The van der Waals surface area contributed by atoms with Crippen molar-refractivity contribution in [2.24, 2.45) is 5.14 Å². The lowest BCUT2D eigenvalue weighted by molar-refractivity contribution is 0.0845. The Labute approximate surface area is 124 Å². The summed E-state index contributed by atoms with van der Waals surface area (Å²) >= 11 is 3.05. The molecule has 0 saturated heterocycles. The first-order chi connectivity index (χ1) is 9.12. The van der Waals surface area contributed by atoms with E-state index in [2.05, 4.69) is 21.2 Å². The van der Waals surface area contributed by atoms with E-state index in [0.717, 1.165) is 25.3 Å². The Balaban J connectivity index is 2.41. The second-order valence-corrected chi connectivity index (χ2v) is 7.62. The van der Waals surface area contributed by atoms with Crippen LogP contribution in [0, 0.1) is 5.82 Å². The molecule has 0 spiro atoms. The largest absolute Gasteiger partial charge is 0.347 e. The number of benzene rings is 1. The number of carbonyl (C=O) groups excluding carboxylic acids is 1. The Morgan fingerprint density at radius 1 is 1.45 bits per heavy atom. The van der Waals surface area contributed by atoms with Gasteiger partial charge in [-0.15, -0.1) is 0 Å². The molecule has 1 aliphatic carbocycles. The van der Waals surface area contributed by atoms with Crippen molar-refractivity contribution in [2.75, 3.05) is 0 Å². The van der Waals surface area contributed by atoms with Gasteiger partial charge in [0, 0.05) is 10.0 Å². The molecule has 0 atom stereocenters. The average molecular weight is 365 g/mol. The molecule has 0 bridgehead atoms. The Hall–Kier alpha value is -0.990. The smallest absolute Gasteiger partial charge is 0.254 e. The molecule has 1 aromatic rings. The molecular formula is C12H14BrFN2O3S. The molecule has 0 aliphatic heterocycles. The van der Waals surface area contributed by atoms with Gasteiger partial charge in [0.15, 0.2) is 5.82 Å². The van der Waals surface area contributed by atoms with Crippen LogP contribution in [0.4, 0.5) is 4.39 Å². The third-order valence-corrected chi connectivity index (χ3v) is 4.80. The van der Waals surface area contributed by atoms with Gasteiger partial charge >= 0.3 is 0 Å². The van der Waals surface area contributed by atoms with Crippen LogP contribution in [0.1, 0.15) is 36.5 Å². The molecule has 0 radical (unpaired) electrons. The Morgan fingerprint density at radius 2 is 2.05 bits per heavy atom. The van der Waals surface area contributed by atoms with Crippen molar-refractivity contribution >= 4 is 31.9 Å². The lowest BCUT2D eigenvalue weighted by atomic mass is 9.78. The van der Waals surface area contributed by atoms with Crippen molar-refractivity contribution in [3.8, 4) is 0 Å². The fraction of sp³-hybridized carbons (Fsp3) is 0.417. The molecule has 1 amide bonds. The summed E-state index contributed by atoms with van der Waals surface area (Å²) in [6.45, 7) is 1.87. The minimum Gasteiger partial charge on any atom is -0.347 e. The number of nitrogens with two attached hydrogens (primary N) is 1. The summed E-state index contributed by atoms with van der Waals surface area (Å²) in [6, 6.07) is 2.27. The van der Waals surface area contributed by atoms with Gasteiger partial charge in [-0.05, 0) is 38.3 Å². The zero-order valence-electron chi connectivity index (χ0n) is 10.7. The molecule has 110 valence electrons. The number of nitrogens with one attached hydrogen (secondary N) is 1. The van der Waals surface area contributed by atoms with E-state index in [1.165, 1.54) is 6.07 Å². The molecule has 1 aromatic carbocycles. The zero-order chi connectivity index (χ0) is 15.1. The van der Waals surface area contributed by atoms with E-state index in [9.17, 15) is 17.6 Å². The van der Waals surface area contributed by atoms with Gasteiger partial charge in [0.25, 0.3) is 5.91 Å². The highest BCUT2D eigenvalue weighted by Crippen LogP contribution is 2.32. The van der Waals surface area contributed by atoms with Crippen LogP contribution in [0.2, 0.25) is 0 Å². The van der Waals surface area contributed by atoms with Crippen molar-refractivity contribution in [2.45, 2.75) is 36.6 Å². The van der Waals surface area contributed by atoms with Gasteiger partial charge in [0.2, 0.25) is 10.0 Å². The summed E-state index contributed by atoms with van der Waals surface area (Å²) in [5.41, 5.74) is -0.690. The van der Waals surface area contributed by atoms with Gasteiger partial charge in [-0.1, -0.05) is 15.9 Å². The number of amides is 1. The third kappa shape index (κ3) is 3.02. The van der Waals surface area contributed by atoms with Crippen molar-refractivity contribution in [3.05, 3.63) is 28.0 Å². The first-order valence-electron chi connectivity index (χ1n) is 5.97. The second kappa shape index (κ2) is 5.09. The first kappa shape index (κ1) is 15.4. The van der Waals surface area contributed by atoms with Crippen LogP contribution in [0.15, 0.2) is 21.5 Å². The number of hydrogen-bond donors (Lipinski definition) is 2. The summed E-state index contributed by atoms with van der Waals surface area (Å²) < 4.78 is 37.1. The highest BCUT2D eigenvalue weighted by Gasteiger charge is 2.34. The number of carbonyl (C=O) groups is 1. The minimum absolute atomic E-state index is 0.270. The van der Waals surface area contributed by atoms with Gasteiger partial charge in [-0.3, -0.25) is 4.79 Å². The molecule has 0 heterocycles. The molecule has 1 saturated carbocycles. The monoisotopic (exact) mass is 364 g/mol. The Kier molecular flexibility index (Phi) is 3.92. The second-order valence-electron chi connectivity index (χ2n) is 5.18. The molecule has 0 aromatic heterocycles. The molecular weight excluding hydrogens is 351 g/mol. The number of hydrogen-bond acceptors (Lipinski definition) is 3. The molecule has 5 nitrogen and oxygen atoms in total. The van der Waals surface area contributed by atoms with Gasteiger partial charge in [0.1, 0.15) is 4.90 Å². The quantitative estimate of drug-likeness (QED) is 0.858. The molecule has 1 aliphatic rings. The van der Waals surface area contributed by atoms with E-state index in [1.807, 2.05) is 6.92 Å². The summed E-state index contributed by atoms with van der Waals surface area (Å²) in [4.78, 5) is 11.4. The lowest BCUT2D eigenvalue weighted by Crippen LogP contribution is -2.51. The van der Waals surface area contributed by atoms with Gasteiger partial charge in [-0.2, -0.15) is 0 Å². The zero-order valence-corrected chi connectivity index (χ0v) is 13.1. The SMILES string of the molecule is CC1(NC(=O)c2cc(Br)cc(S(N)(=O)=O)c2F)CCC1. The van der Waals surface area contributed by atoms with Gasteiger partial charge in [0.05, 0.1) is 5.56 Å². The van der Waals surface area contributed by atoms with Crippen LogP contribution < -0.4 is 10.5 Å². The normalized spacial score (nSPS) is 17.4. The predicted molar refractivity (Wildman–Crippen MR) is 75.2 cm³/mol. The van der Waals surface area contributed by atoms with Crippen LogP contribution in [-0.4, -0.2) is 19.9 Å². The molecule has 3 N–H and O–H groups in total. The molecule has 2 rings (SSSR count). The molecule has 0 unspecified atom stereocenters. The van der Waals surface area contributed by atoms with E-state index >= 15 is 0 Å². The predicted octanol–water partition coefficient (Wildman–Crippen LogP) is 1.91. The van der Waals surface area contributed by atoms with E-state index < -0.39 is 26.6 Å². The number of halogens is 2. The van der Waals surface area contributed by atoms with Crippen LogP contribution in [0.25, 0.3) is 0 Å². The number of sulfonamides is 1. The third-order valence-electron chi connectivity index (χ3n) is 3.43. The van der Waals surface area contributed by atoms with E-state index in [0.29, 0.717) is 0 Å². The van der Waals surface area contributed by atoms with Crippen LogP contribution in [0.3, 0.4) is 0 Å². The van der Waals surface area contributed by atoms with Crippen LogP contribution >= 0.6 is 15.9 Å². The van der Waals surface area contributed by atoms with Crippen LogP contribution in [0.5, 0.6) is 0 Å². The fourth-order valence-electron chi connectivity index (χ4n) is 2.11. The summed E-state index contributed by atoms with van der Waals surface area (Å²) in [7, 11) is -4.23. The number of primary sulfonamides is 1. The maximum Gasteiger partial charge on any atom is 0.254 e. The summed E-state index contributed by atoms with van der Waals surface area (Å²) in [6.07, 6.45) is 2.63. The van der Waals surface area contributed by atoms with Crippen LogP contribution in [-0.2, 0) is 10.0 Å². The van der Waals surface area contributed by atoms with Crippen molar-refractivity contribution in [3.63, 3.8) is 0 Å². The van der Waals surface area contributed by atoms with E-state index in [4.69, 9.17) is 5.14 Å². The Bertz CT molecular complexity index is 672. The summed E-state index contributed by atoms with van der Waals surface area (Å²) in [5.74, 6) is -1.77. The maximum atomic E-state index is 14.2. The molecule has 20 heavy (non-hydrogen) atoms. The number of rotatable bonds is 3. The van der Waals surface area contributed by atoms with E-state index in [1.54, 1.807) is 0 Å².